The van der Waals surface area contributed by atoms with Crippen LogP contribution in [-0.2, 0) is 11.3 Å². The van der Waals surface area contributed by atoms with Crippen LogP contribution < -0.4 is 19.5 Å². The number of hydrogen-bond donors (Lipinski definition) is 2. The topological polar surface area (TPSA) is 94.1 Å². The molecule has 0 spiro atoms. The zero-order valence-electron chi connectivity index (χ0n) is 18.2. The van der Waals surface area contributed by atoms with Gasteiger partial charge in [0.2, 0.25) is 5.75 Å². The van der Waals surface area contributed by atoms with Crippen molar-refractivity contribution in [3.05, 3.63) is 41.5 Å². The van der Waals surface area contributed by atoms with Gasteiger partial charge < -0.3 is 24.6 Å². The van der Waals surface area contributed by atoms with Crippen LogP contribution in [0.15, 0.2) is 30.3 Å². The van der Waals surface area contributed by atoms with Gasteiger partial charge in [-0.15, -0.1) is 0 Å². The molecule has 1 amide bonds. The van der Waals surface area contributed by atoms with E-state index in [0.717, 1.165) is 16.7 Å². The molecule has 2 aromatic rings. The Kier molecular flexibility index (Phi) is 5.29. The van der Waals surface area contributed by atoms with E-state index in [4.69, 9.17) is 14.2 Å². The average Bonchev–Trinajstić information content (AvgIpc) is 3.48. The Morgan fingerprint density at radius 3 is 2.35 bits per heavy atom. The van der Waals surface area contributed by atoms with Gasteiger partial charge in [-0.2, -0.15) is 0 Å². The van der Waals surface area contributed by atoms with Gasteiger partial charge in [-0.25, -0.2) is 0 Å². The number of aliphatic carboxylic acids is 1. The molecule has 7 heteroatoms. The van der Waals surface area contributed by atoms with Gasteiger partial charge in [0.1, 0.15) is 11.5 Å². The number of fused-ring (bicyclic) bond motifs is 1. The van der Waals surface area contributed by atoms with E-state index in [9.17, 15) is 14.7 Å². The van der Waals surface area contributed by atoms with Crippen LogP contribution in [0.3, 0.4) is 0 Å². The number of carboxylic acid groups (broad SMARTS) is 1. The van der Waals surface area contributed by atoms with Gasteiger partial charge >= 0.3 is 5.97 Å². The SMILES string of the molecule is COc1ccc(-c2ccc3c(c2)CNC3=O)c(OC(C(C)C)C2(C(=O)O)CC2)c1OC. The molecule has 0 saturated heterocycles. The van der Waals surface area contributed by atoms with Crippen LogP contribution in [-0.4, -0.2) is 37.3 Å². The first kappa shape index (κ1) is 21.0. The molecular weight excluding hydrogens is 398 g/mol. The largest absolute Gasteiger partial charge is 0.493 e. The molecule has 31 heavy (non-hydrogen) atoms. The van der Waals surface area contributed by atoms with Crippen LogP contribution in [0.5, 0.6) is 17.2 Å². The second kappa shape index (κ2) is 7.80. The second-order valence-electron chi connectivity index (χ2n) is 8.48. The van der Waals surface area contributed by atoms with Crippen molar-refractivity contribution in [2.75, 3.05) is 14.2 Å². The number of hydrogen-bond acceptors (Lipinski definition) is 5. The van der Waals surface area contributed by atoms with Crippen molar-refractivity contribution in [3.8, 4) is 28.4 Å². The highest BCUT2D eigenvalue weighted by Gasteiger charge is 2.59. The van der Waals surface area contributed by atoms with Gasteiger partial charge in [0, 0.05) is 17.7 Å². The van der Waals surface area contributed by atoms with Crippen molar-refractivity contribution in [2.24, 2.45) is 11.3 Å². The van der Waals surface area contributed by atoms with Crippen molar-refractivity contribution in [1.29, 1.82) is 0 Å². The summed E-state index contributed by atoms with van der Waals surface area (Å²) >= 11 is 0. The molecule has 1 aliphatic carbocycles. The second-order valence-corrected chi connectivity index (χ2v) is 8.48. The Balaban J connectivity index is 1.84. The molecule has 2 N–H and O–H groups in total. The Morgan fingerprint density at radius 1 is 1.06 bits per heavy atom. The van der Waals surface area contributed by atoms with Crippen molar-refractivity contribution in [3.63, 3.8) is 0 Å². The standard InChI is InChI=1S/C24H27NO6/c1-13(2)21(24(9-10-24)23(27)28)31-19-16(7-8-18(29-3)20(19)30-4)14-5-6-17-15(11-14)12-25-22(17)26/h5-8,11,13,21H,9-10,12H2,1-4H3,(H,25,26)(H,27,28). The number of carbonyl (C=O) groups excluding carboxylic acids is 1. The first-order chi connectivity index (χ1) is 14.8. The van der Waals surface area contributed by atoms with Crippen LogP contribution in [0.2, 0.25) is 0 Å². The highest BCUT2D eigenvalue weighted by Crippen LogP contribution is 2.54. The van der Waals surface area contributed by atoms with E-state index in [-0.39, 0.29) is 11.8 Å². The summed E-state index contributed by atoms with van der Waals surface area (Å²) in [6.45, 7) is 4.40. The van der Waals surface area contributed by atoms with Crippen molar-refractivity contribution in [2.45, 2.75) is 39.3 Å². The molecule has 1 unspecified atom stereocenters. The van der Waals surface area contributed by atoms with Gasteiger partial charge in [-0.3, -0.25) is 9.59 Å². The predicted molar refractivity (Wildman–Crippen MR) is 115 cm³/mol. The van der Waals surface area contributed by atoms with E-state index in [0.29, 0.717) is 42.2 Å². The fraction of sp³-hybridized carbons (Fsp3) is 0.417. The maximum absolute atomic E-state index is 12.0. The third-order valence-corrected chi connectivity index (χ3v) is 6.21. The lowest BCUT2D eigenvalue weighted by atomic mass is 9.90. The summed E-state index contributed by atoms with van der Waals surface area (Å²) in [7, 11) is 3.09. The van der Waals surface area contributed by atoms with Crippen LogP contribution in [0, 0.1) is 11.3 Å². The molecule has 2 aromatic carbocycles. The maximum Gasteiger partial charge on any atom is 0.313 e. The molecular formula is C24H27NO6. The number of rotatable bonds is 8. The minimum atomic E-state index is -0.895. The summed E-state index contributed by atoms with van der Waals surface area (Å²) in [6.07, 6.45) is 0.640. The molecule has 1 aliphatic heterocycles. The predicted octanol–water partition coefficient (Wildman–Crippen LogP) is 3.88. The monoisotopic (exact) mass is 425 g/mol. The summed E-state index contributed by atoms with van der Waals surface area (Å²) in [6, 6.07) is 9.29. The van der Waals surface area contributed by atoms with E-state index in [1.54, 1.807) is 19.2 Å². The highest BCUT2D eigenvalue weighted by atomic mass is 16.5. The third kappa shape index (κ3) is 3.48. The van der Waals surface area contributed by atoms with Crippen LogP contribution >= 0.6 is 0 Å². The quantitative estimate of drug-likeness (QED) is 0.667. The van der Waals surface area contributed by atoms with Gasteiger partial charge in [-0.1, -0.05) is 19.9 Å². The summed E-state index contributed by atoms with van der Waals surface area (Å²) in [5, 5.41) is 12.7. The number of ether oxygens (including phenoxy) is 3. The molecule has 1 fully saturated rings. The Labute approximate surface area is 181 Å². The molecule has 164 valence electrons. The van der Waals surface area contributed by atoms with Gasteiger partial charge in [0.15, 0.2) is 11.5 Å². The molecule has 7 nitrogen and oxygen atoms in total. The minimum Gasteiger partial charge on any atom is -0.493 e. The number of nitrogens with one attached hydrogen (secondary N) is 1. The summed E-state index contributed by atoms with van der Waals surface area (Å²) in [5.74, 6) is 0.428. The lowest BCUT2D eigenvalue weighted by Gasteiger charge is -2.30. The summed E-state index contributed by atoms with van der Waals surface area (Å²) in [4.78, 5) is 24.0. The summed E-state index contributed by atoms with van der Waals surface area (Å²) < 4.78 is 17.6. The number of methoxy groups -OCH3 is 2. The number of carboxylic acids is 1. The first-order valence-corrected chi connectivity index (χ1v) is 10.4. The fourth-order valence-electron chi connectivity index (χ4n) is 4.41. The minimum absolute atomic E-state index is 0.0239. The van der Waals surface area contributed by atoms with Crippen molar-refractivity contribution in [1.82, 2.24) is 5.32 Å². The lowest BCUT2D eigenvalue weighted by molar-refractivity contribution is -0.148. The normalized spacial score (nSPS) is 17.0. The smallest absolute Gasteiger partial charge is 0.313 e. The molecule has 1 saturated carbocycles. The van der Waals surface area contributed by atoms with Crippen molar-refractivity contribution >= 4 is 11.9 Å². The van der Waals surface area contributed by atoms with E-state index in [2.05, 4.69) is 5.32 Å². The van der Waals surface area contributed by atoms with Crippen LogP contribution in [0.4, 0.5) is 0 Å². The Morgan fingerprint density at radius 2 is 1.77 bits per heavy atom. The number of carbonyl (C=O) groups is 2. The molecule has 4 rings (SSSR count). The van der Waals surface area contributed by atoms with Gasteiger partial charge in [0.05, 0.1) is 14.2 Å². The summed E-state index contributed by atoms with van der Waals surface area (Å²) in [5.41, 5.74) is 2.29. The molecule has 2 aliphatic rings. The van der Waals surface area contributed by atoms with Gasteiger partial charge in [-0.05, 0) is 54.2 Å². The molecule has 0 bridgehead atoms. The van der Waals surface area contributed by atoms with Crippen LogP contribution in [0.25, 0.3) is 11.1 Å². The van der Waals surface area contributed by atoms with E-state index < -0.39 is 17.5 Å². The first-order valence-electron chi connectivity index (χ1n) is 10.4. The number of amides is 1. The maximum atomic E-state index is 12.0. The Hall–Kier alpha value is -3.22. The average molecular weight is 425 g/mol. The molecule has 1 heterocycles. The molecule has 0 aromatic heterocycles. The molecule has 0 radical (unpaired) electrons. The number of benzene rings is 2. The highest BCUT2D eigenvalue weighted by molar-refractivity contribution is 5.99. The fourth-order valence-corrected chi connectivity index (χ4v) is 4.41. The third-order valence-electron chi connectivity index (χ3n) is 6.21. The van der Waals surface area contributed by atoms with Gasteiger partial charge in [0.25, 0.3) is 5.91 Å². The van der Waals surface area contributed by atoms with Crippen LogP contribution in [0.1, 0.15) is 42.6 Å². The molecule has 1 atom stereocenters. The zero-order chi connectivity index (χ0) is 22.3. The van der Waals surface area contributed by atoms with Crippen molar-refractivity contribution < 1.29 is 28.9 Å². The van der Waals surface area contributed by atoms with E-state index >= 15 is 0 Å². The lowest BCUT2D eigenvalue weighted by Crippen LogP contribution is -2.39. The van der Waals surface area contributed by atoms with E-state index in [1.807, 2.05) is 32.0 Å². The zero-order valence-corrected chi connectivity index (χ0v) is 18.2. The van der Waals surface area contributed by atoms with E-state index in [1.165, 1.54) is 7.11 Å². The Bertz CT molecular complexity index is 1040.